The fraction of sp³-hybridized carbons (Fsp3) is 0.923. The molecule has 0 fully saturated rings. The predicted molar refractivity (Wildman–Crippen MR) is 74.8 cm³/mol. The van der Waals surface area contributed by atoms with Crippen molar-refractivity contribution in [2.45, 2.75) is 39.2 Å². The van der Waals surface area contributed by atoms with Crippen LogP contribution in [0.15, 0.2) is 4.99 Å². The van der Waals surface area contributed by atoms with E-state index >= 15 is 0 Å². The van der Waals surface area contributed by atoms with E-state index in [1.165, 1.54) is 18.6 Å². The third kappa shape index (κ3) is 5.61. The summed E-state index contributed by atoms with van der Waals surface area (Å²) < 4.78 is 0. The summed E-state index contributed by atoms with van der Waals surface area (Å²) in [6.07, 6.45) is 3.56. The van der Waals surface area contributed by atoms with Gasteiger partial charge >= 0.3 is 0 Å². The van der Waals surface area contributed by atoms with Crippen molar-refractivity contribution in [2.24, 2.45) is 10.7 Å². The maximum absolute atomic E-state index is 5.64. The standard InChI is InChI=1S/C13H28N4/c1-3-17(4-2)9-8-15-11-13-7-5-6-12(10-14)16-13/h13,15H,3-11,14H2,1-2H3. The molecule has 100 valence electrons. The van der Waals surface area contributed by atoms with Crippen LogP contribution in [0.3, 0.4) is 0 Å². The lowest BCUT2D eigenvalue weighted by Crippen LogP contribution is -2.36. The van der Waals surface area contributed by atoms with Gasteiger partial charge in [0.15, 0.2) is 0 Å². The van der Waals surface area contributed by atoms with Crippen molar-refractivity contribution < 1.29 is 0 Å². The monoisotopic (exact) mass is 240 g/mol. The number of aliphatic imine (C=N–C) groups is 1. The van der Waals surface area contributed by atoms with Gasteiger partial charge in [-0.1, -0.05) is 13.8 Å². The third-order valence-electron chi connectivity index (χ3n) is 3.48. The molecule has 1 unspecified atom stereocenters. The van der Waals surface area contributed by atoms with Crippen LogP contribution in [0, 0.1) is 0 Å². The minimum Gasteiger partial charge on any atom is -0.326 e. The van der Waals surface area contributed by atoms with Crippen molar-refractivity contribution in [1.29, 1.82) is 0 Å². The second-order valence-electron chi connectivity index (χ2n) is 4.68. The largest absolute Gasteiger partial charge is 0.326 e. The van der Waals surface area contributed by atoms with Crippen LogP contribution in [-0.2, 0) is 0 Å². The second-order valence-corrected chi connectivity index (χ2v) is 4.68. The molecule has 0 aromatic heterocycles. The normalized spacial score (nSPS) is 20.7. The summed E-state index contributed by atoms with van der Waals surface area (Å²) in [7, 11) is 0. The third-order valence-corrected chi connectivity index (χ3v) is 3.48. The number of hydrogen-bond acceptors (Lipinski definition) is 4. The Morgan fingerprint density at radius 1 is 1.41 bits per heavy atom. The van der Waals surface area contributed by atoms with E-state index in [-0.39, 0.29) is 0 Å². The summed E-state index contributed by atoms with van der Waals surface area (Å²) in [5.41, 5.74) is 6.84. The van der Waals surface area contributed by atoms with E-state index in [1.54, 1.807) is 0 Å². The van der Waals surface area contributed by atoms with E-state index < -0.39 is 0 Å². The fourth-order valence-electron chi connectivity index (χ4n) is 2.28. The Labute approximate surface area is 106 Å². The van der Waals surface area contributed by atoms with Crippen molar-refractivity contribution >= 4 is 5.71 Å². The lowest BCUT2D eigenvalue weighted by Gasteiger charge is -2.22. The van der Waals surface area contributed by atoms with Crippen LogP contribution in [-0.4, -0.2) is 55.9 Å². The molecule has 4 heteroatoms. The zero-order valence-corrected chi connectivity index (χ0v) is 11.4. The topological polar surface area (TPSA) is 53.6 Å². The highest BCUT2D eigenvalue weighted by Gasteiger charge is 2.13. The molecule has 0 spiro atoms. The molecule has 17 heavy (non-hydrogen) atoms. The van der Waals surface area contributed by atoms with Crippen LogP contribution in [0.2, 0.25) is 0 Å². The minimum absolute atomic E-state index is 0.457. The average molecular weight is 240 g/mol. The summed E-state index contributed by atoms with van der Waals surface area (Å²) >= 11 is 0. The summed E-state index contributed by atoms with van der Waals surface area (Å²) in [5.74, 6) is 0. The highest BCUT2D eigenvalue weighted by Crippen LogP contribution is 2.12. The molecule has 0 aliphatic carbocycles. The van der Waals surface area contributed by atoms with Crippen LogP contribution < -0.4 is 11.1 Å². The first-order valence-electron chi connectivity index (χ1n) is 6.98. The van der Waals surface area contributed by atoms with E-state index in [1.807, 2.05) is 0 Å². The van der Waals surface area contributed by atoms with Gasteiger partial charge in [-0.25, -0.2) is 0 Å². The molecule has 0 aromatic rings. The summed E-state index contributed by atoms with van der Waals surface area (Å²) in [6, 6.07) is 0.457. The van der Waals surface area contributed by atoms with Crippen molar-refractivity contribution in [3.05, 3.63) is 0 Å². The second kappa shape index (κ2) is 8.61. The Morgan fingerprint density at radius 2 is 2.18 bits per heavy atom. The van der Waals surface area contributed by atoms with Crippen LogP contribution >= 0.6 is 0 Å². The Hall–Kier alpha value is -0.450. The predicted octanol–water partition coefficient (Wildman–Crippen LogP) is 0.870. The number of hydrogen-bond donors (Lipinski definition) is 2. The summed E-state index contributed by atoms with van der Waals surface area (Å²) in [4.78, 5) is 7.11. The molecule has 1 atom stereocenters. The molecule has 1 rings (SSSR count). The molecule has 0 radical (unpaired) electrons. The molecular weight excluding hydrogens is 212 g/mol. The van der Waals surface area contributed by atoms with Gasteiger partial charge in [0.25, 0.3) is 0 Å². The molecule has 0 bridgehead atoms. The Kier molecular flexibility index (Phi) is 7.40. The molecule has 0 saturated heterocycles. The average Bonchev–Trinajstić information content (AvgIpc) is 2.39. The molecule has 0 aromatic carbocycles. The van der Waals surface area contributed by atoms with Gasteiger partial charge in [-0.3, -0.25) is 4.99 Å². The molecule has 1 aliphatic heterocycles. The lowest BCUT2D eigenvalue weighted by atomic mass is 10.0. The number of nitrogens with zero attached hydrogens (tertiary/aromatic N) is 2. The van der Waals surface area contributed by atoms with Crippen LogP contribution in [0.5, 0.6) is 0 Å². The number of nitrogens with one attached hydrogen (secondary N) is 1. The maximum Gasteiger partial charge on any atom is 0.0624 e. The SMILES string of the molecule is CCN(CC)CCNCC1CCCC(CN)=N1. The van der Waals surface area contributed by atoms with Gasteiger partial charge in [-0.2, -0.15) is 0 Å². The first-order chi connectivity index (χ1) is 8.30. The highest BCUT2D eigenvalue weighted by molar-refractivity contribution is 5.86. The van der Waals surface area contributed by atoms with E-state index in [9.17, 15) is 0 Å². The molecule has 1 heterocycles. The molecule has 4 nitrogen and oxygen atoms in total. The van der Waals surface area contributed by atoms with Gasteiger partial charge in [-0.15, -0.1) is 0 Å². The van der Waals surface area contributed by atoms with Crippen LogP contribution in [0.4, 0.5) is 0 Å². The lowest BCUT2D eigenvalue weighted by molar-refractivity contribution is 0.301. The van der Waals surface area contributed by atoms with Gasteiger partial charge in [0, 0.05) is 31.9 Å². The van der Waals surface area contributed by atoms with Crippen LogP contribution in [0.25, 0.3) is 0 Å². The zero-order valence-electron chi connectivity index (χ0n) is 11.4. The fourth-order valence-corrected chi connectivity index (χ4v) is 2.28. The van der Waals surface area contributed by atoms with E-state index in [0.29, 0.717) is 12.6 Å². The molecule has 0 saturated carbocycles. The van der Waals surface area contributed by atoms with Crippen molar-refractivity contribution in [3.8, 4) is 0 Å². The quantitative estimate of drug-likeness (QED) is 0.619. The number of nitrogens with two attached hydrogens (primary N) is 1. The van der Waals surface area contributed by atoms with Gasteiger partial charge in [0.05, 0.1) is 6.04 Å². The van der Waals surface area contributed by atoms with Gasteiger partial charge in [-0.05, 0) is 32.4 Å². The Bertz CT molecular complexity index is 223. The number of rotatable bonds is 8. The van der Waals surface area contributed by atoms with Crippen LogP contribution in [0.1, 0.15) is 33.1 Å². The van der Waals surface area contributed by atoms with Crippen molar-refractivity contribution in [2.75, 3.05) is 39.3 Å². The Morgan fingerprint density at radius 3 is 2.82 bits per heavy atom. The van der Waals surface area contributed by atoms with Gasteiger partial charge in [0.2, 0.25) is 0 Å². The van der Waals surface area contributed by atoms with E-state index in [0.717, 1.165) is 39.1 Å². The van der Waals surface area contributed by atoms with Crippen molar-refractivity contribution in [3.63, 3.8) is 0 Å². The van der Waals surface area contributed by atoms with E-state index in [4.69, 9.17) is 5.73 Å². The van der Waals surface area contributed by atoms with Gasteiger partial charge < -0.3 is 16.0 Å². The first-order valence-corrected chi connectivity index (χ1v) is 6.98. The minimum atomic E-state index is 0.457. The number of likely N-dealkylation sites (N-methyl/N-ethyl adjacent to an activating group) is 1. The maximum atomic E-state index is 5.64. The molecule has 3 N–H and O–H groups in total. The van der Waals surface area contributed by atoms with Crippen molar-refractivity contribution in [1.82, 2.24) is 10.2 Å². The zero-order chi connectivity index (χ0) is 12.5. The summed E-state index contributed by atoms with van der Waals surface area (Å²) in [5, 5.41) is 3.51. The Balaban J connectivity index is 2.14. The first kappa shape index (κ1) is 14.6. The molecule has 0 amide bonds. The highest BCUT2D eigenvalue weighted by atomic mass is 15.1. The smallest absolute Gasteiger partial charge is 0.0624 e. The van der Waals surface area contributed by atoms with Gasteiger partial charge in [0.1, 0.15) is 0 Å². The summed E-state index contributed by atoms with van der Waals surface area (Å²) in [6.45, 7) is 10.5. The van der Waals surface area contributed by atoms with E-state index in [2.05, 4.69) is 29.1 Å². The molecule has 1 aliphatic rings. The molecular formula is C13H28N4.